The molecule has 8 nitrogen and oxygen atoms in total. The fourth-order valence-electron chi connectivity index (χ4n) is 5.37. The van der Waals surface area contributed by atoms with Crippen LogP contribution in [0.1, 0.15) is 30.4 Å². The lowest BCUT2D eigenvalue weighted by molar-refractivity contribution is -0.156. The Morgan fingerprint density at radius 2 is 1.71 bits per heavy atom. The van der Waals surface area contributed by atoms with Crippen molar-refractivity contribution in [3.63, 3.8) is 0 Å². The number of hydrogen-bond donors (Lipinski definition) is 2. The van der Waals surface area contributed by atoms with Crippen molar-refractivity contribution < 1.29 is 29.0 Å². The molecule has 2 aromatic carbocycles. The predicted molar refractivity (Wildman–Crippen MR) is 128 cm³/mol. The Morgan fingerprint density at radius 3 is 2.34 bits per heavy atom. The highest BCUT2D eigenvalue weighted by atomic mass is 16.5. The lowest BCUT2D eigenvalue weighted by Crippen LogP contribution is -2.57. The molecule has 0 saturated carbocycles. The van der Waals surface area contributed by atoms with Gasteiger partial charge in [-0.25, -0.2) is 4.79 Å². The van der Waals surface area contributed by atoms with Gasteiger partial charge < -0.3 is 24.8 Å². The molecule has 2 saturated heterocycles. The number of amides is 2. The second kappa shape index (κ2) is 9.70. The van der Waals surface area contributed by atoms with Crippen LogP contribution < -0.4 is 5.32 Å². The van der Waals surface area contributed by atoms with Crippen LogP contribution in [0.25, 0.3) is 11.1 Å². The van der Waals surface area contributed by atoms with E-state index in [0.717, 1.165) is 11.1 Å². The van der Waals surface area contributed by atoms with Crippen molar-refractivity contribution in [1.82, 2.24) is 10.2 Å². The zero-order chi connectivity index (χ0) is 24.5. The number of hydrogen-bond acceptors (Lipinski definition) is 5. The third-order valence-corrected chi connectivity index (χ3v) is 7.63. The normalized spacial score (nSPS) is 22.1. The monoisotopic (exact) mass is 478 g/mol. The number of benzene rings is 2. The van der Waals surface area contributed by atoms with Crippen LogP contribution in [0.15, 0.2) is 48.5 Å². The number of carbonyl (C=O) groups is 3. The topological polar surface area (TPSA) is 105 Å². The van der Waals surface area contributed by atoms with E-state index >= 15 is 0 Å². The summed E-state index contributed by atoms with van der Waals surface area (Å²) in [5.74, 6) is -1.63. The number of carbonyl (C=O) groups excluding carboxylic acids is 2. The number of carboxylic acid groups (broad SMARTS) is 1. The van der Waals surface area contributed by atoms with Gasteiger partial charge in [0.05, 0.1) is 5.92 Å². The molecule has 1 aliphatic carbocycles. The fourth-order valence-corrected chi connectivity index (χ4v) is 5.37. The summed E-state index contributed by atoms with van der Waals surface area (Å²) < 4.78 is 11.3. The number of ether oxygens (including phenoxy) is 2. The van der Waals surface area contributed by atoms with Crippen LogP contribution in [0.5, 0.6) is 0 Å². The molecular weight excluding hydrogens is 448 g/mol. The third kappa shape index (κ3) is 4.50. The highest BCUT2D eigenvalue weighted by molar-refractivity contribution is 5.83. The Hall–Kier alpha value is -3.39. The van der Waals surface area contributed by atoms with Crippen LogP contribution in [0, 0.1) is 17.8 Å². The van der Waals surface area contributed by atoms with E-state index in [1.54, 1.807) is 11.8 Å². The average molecular weight is 479 g/mol. The summed E-state index contributed by atoms with van der Waals surface area (Å²) in [6, 6.07) is 16.4. The lowest BCUT2D eigenvalue weighted by Gasteiger charge is -2.42. The maximum absolute atomic E-state index is 12.9. The highest BCUT2D eigenvalue weighted by Gasteiger charge is 2.43. The Kier molecular flexibility index (Phi) is 6.47. The second-order valence-electron chi connectivity index (χ2n) is 9.68. The van der Waals surface area contributed by atoms with Gasteiger partial charge in [-0.3, -0.25) is 9.59 Å². The predicted octanol–water partition coefficient (Wildman–Crippen LogP) is 3.11. The standard InChI is InChI=1S/C27H30N2O6/c1-16(26(31)32)18-13-29(14-18)25(30)24-17(10-11-34-24)12-28-27(33)35-15-23-21-8-4-2-6-19(21)20-7-3-5-9-22(20)23/h2-9,16-18,23-24H,10-15H2,1H3,(H,28,33)(H,31,32). The van der Waals surface area contributed by atoms with Crippen molar-refractivity contribution in [3.8, 4) is 11.1 Å². The van der Waals surface area contributed by atoms with E-state index in [1.165, 1.54) is 11.1 Å². The summed E-state index contributed by atoms with van der Waals surface area (Å²) >= 11 is 0. The summed E-state index contributed by atoms with van der Waals surface area (Å²) in [5.41, 5.74) is 4.66. The molecule has 0 radical (unpaired) electrons. The molecule has 2 amide bonds. The average Bonchev–Trinajstić information content (AvgIpc) is 3.43. The van der Waals surface area contributed by atoms with Crippen molar-refractivity contribution in [1.29, 1.82) is 0 Å². The maximum Gasteiger partial charge on any atom is 0.407 e. The zero-order valence-electron chi connectivity index (χ0n) is 19.7. The maximum atomic E-state index is 12.9. The molecule has 2 aliphatic heterocycles. The highest BCUT2D eigenvalue weighted by Crippen LogP contribution is 2.44. The largest absolute Gasteiger partial charge is 0.481 e. The first kappa shape index (κ1) is 23.4. The van der Waals surface area contributed by atoms with Crippen LogP contribution in [0.3, 0.4) is 0 Å². The van der Waals surface area contributed by atoms with Gasteiger partial charge in [-0.2, -0.15) is 0 Å². The molecule has 184 valence electrons. The van der Waals surface area contributed by atoms with Crippen molar-refractivity contribution in [2.75, 3.05) is 32.8 Å². The number of nitrogens with zero attached hydrogens (tertiary/aromatic N) is 1. The Labute approximate surface area is 204 Å². The van der Waals surface area contributed by atoms with E-state index in [4.69, 9.17) is 14.6 Å². The summed E-state index contributed by atoms with van der Waals surface area (Å²) in [6.07, 6.45) is -0.461. The van der Waals surface area contributed by atoms with Gasteiger partial charge in [-0.15, -0.1) is 0 Å². The van der Waals surface area contributed by atoms with E-state index < -0.39 is 24.1 Å². The molecule has 2 fully saturated rings. The number of fused-ring (bicyclic) bond motifs is 3. The minimum Gasteiger partial charge on any atom is -0.481 e. The summed E-state index contributed by atoms with van der Waals surface area (Å²) in [4.78, 5) is 38.2. The Bertz CT molecular complexity index is 1080. The number of nitrogens with one attached hydrogen (secondary N) is 1. The van der Waals surface area contributed by atoms with E-state index in [1.807, 2.05) is 24.3 Å². The molecule has 3 atom stereocenters. The van der Waals surface area contributed by atoms with Gasteiger partial charge in [-0.05, 0) is 28.7 Å². The van der Waals surface area contributed by atoms with Gasteiger partial charge in [0.15, 0.2) is 0 Å². The minimum absolute atomic E-state index is 0.00940. The van der Waals surface area contributed by atoms with Crippen LogP contribution in [0.4, 0.5) is 4.79 Å². The van der Waals surface area contributed by atoms with Gasteiger partial charge in [-0.1, -0.05) is 55.5 Å². The van der Waals surface area contributed by atoms with Crippen LogP contribution in [-0.4, -0.2) is 66.9 Å². The molecule has 0 aromatic heterocycles. The van der Waals surface area contributed by atoms with Gasteiger partial charge in [0.1, 0.15) is 12.7 Å². The van der Waals surface area contributed by atoms with E-state index in [-0.39, 0.29) is 36.8 Å². The number of carboxylic acids is 1. The van der Waals surface area contributed by atoms with Gasteiger partial charge >= 0.3 is 12.1 Å². The molecule has 35 heavy (non-hydrogen) atoms. The molecule has 0 bridgehead atoms. The quantitative estimate of drug-likeness (QED) is 0.634. The van der Waals surface area contributed by atoms with Gasteiger partial charge in [0.25, 0.3) is 5.91 Å². The number of rotatable bonds is 7. The molecule has 3 unspecified atom stereocenters. The first-order valence-electron chi connectivity index (χ1n) is 12.2. The van der Waals surface area contributed by atoms with Gasteiger partial charge in [0.2, 0.25) is 0 Å². The molecule has 2 heterocycles. The van der Waals surface area contributed by atoms with Crippen molar-refractivity contribution in [2.45, 2.75) is 25.4 Å². The smallest absolute Gasteiger partial charge is 0.407 e. The third-order valence-electron chi connectivity index (χ3n) is 7.63. The summed E-state index contributed by atoms with van der Waals surface area (Å²) in [7, 11) is 0. The summed E-state index contributed by atoms with van der Waals surface area (Å²) in [6.45, 7) is 3.51. The van der Waals surface area contributed by atoms with Crippen LogP contribution >= 0.6 is 0 Å². The van der Waals surface area contributed by atoms with E-state index in [0.29, 0.717) is 26.1 Å². The Morgan fingerprint density at radius 1 is 1.09 bits per heavy atom. The molecule has 5 rings (SSSR count). The van der Waals surface area contributed by atoms with Gasteiger partial charge in [0, 0.05) is 44.0 Å². The van der Waals surface area contributed by atoms with Crippen molar-refractivity contribution >= 4 is 18.0 Å². The molecular formula is C27H30N2O6. The fraction of sp³-hybridized carbons (Fsp3) is 0.444. The SMILES string of the molecule is CC(C(=O)O)C1CN(C(=O)C2OCCC2CNC(=O)OCC2c3ccccc3-c3ccccc32)C1. The summed E-state index contributed by atoms with van der Waals surface area (Å²) in [5, 5.41) is 12.0. The first-order chi connectivity index (χ1) is 16.9. The molecule has 2 aromatic rings. The number of aliphatic carboxylic acids is 1. The van der Waals surface area contributed by atoms with Crippen molar-refractivity contribution in [3.05, 3.63) is 59.7 Å². The lowest BCUT2D eigenvalue weighted by atomic mass is 9.86. The first-order valence-corrected chi connectivity index (χ1v) is 12.2. The molecule has 3 aliphatic rings. The van der Waals surface area contributed by atoms with Crippen LogP contribution in [0.2, 0.25) is 0 Å². The number of alkyl carbamates (subject to hydrolysis) is 1. The number of likely N-dealkylation sites (tertiary alicyclic amines) is 1. The second-order valence-corrected chi connectivity index (χ2v) is 9.68. The molecule has 0 spiro atoms. The van der Waals surface area contributed by atoms with Crippen molar-refractivity contribution in [2.24, 2.45) is 17.8 Å². The molecule has 8 heteroatoms. The zero-order valence-corrected chi connectivity index (χ0v) is 19.7. The Balaban J connectivity index is 1.12. The van der Waals surface area contributed by atoms with E-state index in [9.17, 15) is 14.4 Å². The van der Waals surface area contributed by atoms with Crippen LogP contribution in [-0.2, 0) is 19.1 Å². The van der Waals surface area contributed by atoms with E-state index in [2.05, 4.69) is 29.6 Å². The minimum atomic E-state index is -0.843. The molecule has 2 N–H and O–H groups in total.